The lowest BCUT2D eigenvalue weighted by atomic mass is 10.2. The number of benzene rings is 1. The predicted molar refractivity (Wildman–Crippen MR) is 72.3 cm³/mol. The minimum absolute atomic E-state index is 0.838. The number of rotatable bonds is 5. The Morgan fingerprint density at radius 2 is 2.13 bits per heavy atom. The summed E-state index contributed by atoms with van der Waals surface area (Å²) in [6.45, 7) is 3.26. The SMILES string of the molecule is CCCCN(C)c1ccc(CBr)cc1Cl. The van der Waals surface area contributed by atoms with Crippen LogP contribution in [0.3, 0.4) is 0 Å². The third-order valence-electron chi connectivity index (χ3n) is 2.42. The Bertz CT molecular complexity index is 314. The summed E-state index contributed by atoms with van der Waals surface area (Å²) in [6.07, 6.45) is 2.41. The molecule has 3 heteroatoms. The molecule has 0 saturated carbocycles. The maximum absolute atomic E-state index is 6.22. The monoisotopic (exact) mass is 289 g/mol. The van der Waals surface area contributed by atoms with Crippen LogP contribution in [0.5, 0.6) is 0 Å². The molecule has 0 aliphatic heterocycles. The van der Waals surface area contributed by atoms with Gasteiger partial charge in [-0.1, -0.05) is 46.9 Å². The van der Waals surface area contributed by atoms with E-state index in [0.717, 1.165) is 22.6 Å². The molecule has 15 heavy (non-hydrogen) atoms. The summed E-state index contributed by atoms with van der Waals surface area (Å²) in [5.74, 6) is 0. The van der Waals surface area contributed by atoms with Crippen molar-refractivity contribution in [3.05, 3.63) is 28.8 Å². The molecule has 0 heterocycles. The van der Waals surface area contributed by atoms with Gasteiger partial charge in [0.05, 0.1) is 10.7 Å². The molecule has 1 rings (SSSR count). The average molecular weight is 291 g/mol. The van der Waals surface area contributed by atoms with Crippen LogP contribution in [0, 0.1) is 0 Å². The minimum Gasteiger partial charge on any atom is -0.373 e. The molecule has 0 bridgehead atoms. The Morgan fingerprint density at radius 3 is 2.67 bits per heavy atom. The van der Waals surface area contributed by atoms with Crippen molar-refractivity contribution in [2.24, 2.45) is 0 Å². The number of nitrogens with zero attached hydrogens (tertiary/aromatic N) is 1. The Labute approximate surface area is 106 Å². The van der Waals surface area contributed by atoms with Crippen LogP contribution >= 0.6 is 27.5 Å². The largest absolute Gasteiger partial charge is 0.373 e. The summed E-state index contributed by atoms with van der Waals surface area (Å²) in [5.41, 5.74) is 2.34. The Balaban J connectivity index is 2.76. The quantitative estimate of drug-likeness (QED) is 0.723. The lowest BCUT2D eigenvalue weighted by Gasteiger charge is -2.20. The van der Waals surface area contributed by atoms with Gasteiger partial charge in [0.25, 0.3) is 0 Å². The van der Waals surface area contributed by atoms with Crippen molar-refractivity contribution in [2.75, 3.05) is 18.5 Å². The summed E-state index contributed by atoms with van der Waals surface area (Å²) < 4.78 is 0. The number of anilines is 1. The standard InChI is InChI=1S/C12H17BrClN/c1-3-4-7-15(2)12-6-5-10(9-13)8-11(12)14/h5-6,8H,3-4,7,9H2,1-2H3. The predicted octanol–water partition coefficient (Wildman–Crippen LogP) is 4.47. The number of alkyl halides is 1. The third-order valence-corrected chi connectivity index (χ3v) is 3.37. The van der Waals surface area contributed by atoms with Crippen molar-refractivity contribution < 1.29 is 0 Å². The van der Waals surface area contributed by atoms with E-state index in [1.54, 1.807) is 0 Å². The van der Waals surface area contributed by atoms with Crippen LogP contribution in [-0.4, -0.2) is 13.6 Å². The molecule has 0 amide bonds. The van der Waals surface area contributed by atoms with Crippen LogP contribution in [0.2, 0.25) is 5.02 Å². The van der Waals surface area contributed by atoms with Gasteiger partial charge in [-0.3, -0.25) is 0 Å². The molecule has 84 valence electrons. The van der Waals surface area contributed by atoms with Gasteiger partial charge in [0.1, 0.15) is 0 Å². The fraction of sp³-hybridized carbons (Fsp3) is 0.500. The van der Waals surface area contributed by atoms with E-state index < -0.39 is 0 Å². The molecule has 0 saturated heterocycles. The summed E-state index contributed by atoms with van der Waals surface area (Å²) in [7, 11) is 2.09. The molecule has 0 aromatic heterocycles. The highest BCUT2D eigenvalue weighted by molar-refractivity contribution is 9.08. The van der Waals surface area contributed by atoms with Crippen molar-refractivity contribution in [3.8, 4) is 0 Å². The van der Waals surface area contributed by atoms with E-state index in [9.17, 15) is 0 Å². The number of hydrogen-bond acceptors (Lipinski definition) is 1. The normalized spacial score (nSPS) is 10.4. The molecule has 1 aromatic rings. The summed E-state index contributed by atoms with van der Waals surface area (Å²) in [5, 5.41) is 1.69. The highest BCUT2D eigenvalue weighted by Crippen LogP contribution is 2.27. The van der Waals surface area contributed by atoms with Gasteiger partial charge in [-0.2, -0.15) is 0 Å². The van der Waals surface area contributed by atoms with E-state index in [4.69, 9.17) is 11.6 Å². The highest BCUT2D eigenvalue weighted by atomic mass is 79.9. The first-order chi connectivity index (χ1) is 7.19. The van der Waals surface area contributed by atoms with E-state index in [-0.39, 0.29) is 0 Å². The van der Waals surface area contributed by atoms with Gasteiger partial charge < -0.3 is 4.90 Å². The molecule has 0 N–H and O–H groups in total. The molecule has 0 radical (unpaired) electrons. The van der Waals surface area contributed by atoms with Gasteiger partial charge in [0, 0.05) is 18.9 Å². The van der Waals surface area contributed by atoms with Crippen LogP contribution in [0.15, 0.2) is 18.2 Å². The molecular weight excluding hydrogens is 273 g/mol. The molecule has 0 unspecified atom stereocenters. The third kappa shape index (κ3) is 3.69. The summed E-state index contributed by atoms with van der Waals surface area (Å²) in [4.78, 5) is 2.21. The molecule has 0 atom stereocenters. The minimum atomic E-state index is 0.838. The maximum Gasteiger partial charge on any atom is 0.0642 e. The molecule has 0 fully saturated rings. The average Bonchev–Trinajstić information content (AvgIpc) is 2.25. The lowest BCUT2D eigenvalue weighted by molar-refractivity contribution is 0.767. The van der Waals surface area contributed by atoms with Gasteiger partial charge in [0.15, 0.2) is 0 Å². The van der Waals surface area contributed by atoms with E-state index in [2.05, 4.69) is 46.9 Å². The highest BCUT2D eigenvalue weighted by Gasteiger charge is 2.05. The fourth-order valence-electron chi connectivity index (χ4n) is 1.46. The second-order valence-corrected chi connectivity index (χ2v) is 4.66. The van der Waals surface area contributed by atoms with Crippen molar-refractivity contribution in [1.29, 1.82) is 0 Å². The van der Waals surface area contributed by atoms with E-state index in [1.807, 2.05) is 6.07 Å². The van der Waals surface area contributed by atoms with Crippen LogP contribution < -0.4 is 4.90 Å². The topological polar surface area (TPSA) is 3.24 Å². The fourth-order valence-corrected chi connectivity index (χ4v) is 2.16. The molecular formula is C12H17BrClN. The number of hydrogen-bond donors (Lipinski definition) is 0. The van der Waals surface area contributed by atoms with Crippen LogP contribution in [0.4, 0.5) is 5.69 Å². The van der Waals surface area contributed by atoms with Crippen LogP contribution in [-0.2, 0) is 5.33 Å². The van der Waals surface area contributed by atoms with E-state index in [0.29, 0.717) is 0 Å². The zero-order chi connectivity index (χ0) is 11.3. The zero-order valence-electron chi connectivity index (χ0n) is 9.26. The first kappa shape index (κ1) is 12.9. The van der Waals surface area contributed by atoms with Gasteiger partial charge in [0.2, 0.25) is 0 Å². The first-order valence-electron chi connectivity index (χ1n) is 5.24. The van der Waals surface area contributed by atoms with E-state index >= 15 is 0 Å². The van der Waals surface area contributed by atoms with Crippen molar-refractivity contribution in [1.82, 2.24) is 0 Å². The summed E-state index contributed by atoms with van der Waals surface area (Å²) >= 11 is 9.64. The first-order valence-corrected chi connectivity index (χ1v) is 6.74. The molecule has 0 aliphatic rings. The van der Waals surface area contributed by atoms with Gasteiger partial charge in [-0.05, 0) is 24.1 Å². The van der Waals surface area contributed by atoms with Crippen LogP contribution in [0.1, 0.15) is 25.3 Å². The van der Waals surface area contributed by atoms with Crippen molar-refractivity contribution in [2.45, 2.75) is 25.1 Å². The zero-order valence-corrected chi connectivity index (χ0v) is 11.6. The van der Waals surface area contributed by atoms with Gasteiger partial charge >= 0.3 is 0 Å². The second-order valence-electron chi connectivity index (χ2n) is 3.69. The number of unbranched alkanes of at least 4 members (excludes halogenated alkanes) is 1. The molecule has 1 aromatic carbocycles. The molecule has 0 spiro atoms. The van der Waals surface area contributed by atoms with Crippen molar-refractivity contribution in [3.63, 3.8) is 0 Å². The smallest absolute Gasteiger partial charge is 0.0642 e. The van der Waals surface area contributed by atoms with Gasteiger partial charge in [-0.15, -0.1) is 0 Å². The van der Waals surface area contributed by atoms with E-state index in [1.165, 1.54) is 18.4 Å². The summed E-state index contributed by atoms with van der Waals surface area (Å²) in [6, 6.07) is 6.22. The number of halogens is 2. The molecule has 1 nitrogen and oxygen atoms in total. The molecule has 0 aliphatic carbocycles. The van der Waals surface area contributed by atoms with Crippen LogP contribution in [0.25, 0.3) is 0 Å². The van der Waals surface area contributed by atoms with Gasteiger partial charge in [-0.25, -0.2) is 0 Å². The lowest BCUT2D eigenvalue weighted by Crippen LogP contribution is -2.18. The van der Waals surface area contributed by atoms with Crippen molar-refractivity contribution >= 4 is 33.2 Å². The maximum atomic E-state index is 6.22. The Morgan fingerprint density at radius 1 is 1.40 bits per heavy atom. The second kappa shape index (κ2) is 6.39. The Hall–Kier alpha value is -0.210. The Kier molecular flexibility index (Phi) is 5.48.